The largest absolute Gasteiger partial charge is 0.268 e. The van der Waals surface area contributed by atoms with Gasteiger partial charge in [-0.1, -0.05) is 23.2 Å². The lowest BCUT2D eigenvalue weighted by atomic mass is 10.2. The molecular weight excluding hydrogens is 447 g/mol. The summed E-state index contributed by atoms with van der Waals surface area (Å²) < 4.78 is 53.2. The van der Waals surface area contributed by atoms with Crippen LogP contribution in [0.5, 0.6) is 0 Å². The minimum absolute atomic E-state index is 0.00385. The fourth-order valence-electron chi connectivity index (χ4n) is 2.75. The first-order valence-corrected chi connectivity index (χ1v) is 11.9. The van der Waals surface area contributed by atoms with Crippen molar-refractivity contribution in [3.63, 3.8) is 0 Å². The second-order valence-electron chi connectivity index (χ2n) is 6.15. The number of rotatable bonds is 5. The third kappa shape index (κ3) is 4.33. The van der Waals surface area contributed by atoms with Gasteiger partial charge < -0.3 is 0 Å². The zero-order valence-electron chi connectivity index (χ0n) is 14.4. The fourth-order valence-corrected chi connectivity index (χ4v) is 5.53. The molecule has 1 fully saturated rings. The van der Waals surface area contributed by atoms with Crippen LogP contribution in [0.15, 0.2) is 52.3 Å². The molecule has 1 N–H and O–H groups in total. The van der Waals surface area contributed by atoms with Crippen LogP contribution >= 0.6 is 23.2 Å². The molecule has 0 aliphatic carbocycles. The molecule has 0 radical (unpaired) electrons. The normalized spacial score (nSPS) is 15.5. The lowest BCUT2D eigenvalue weighted by Gasteiger charge is -2.15. The molecule has 0 aromatic heterocycles. The molecule has 0 atom stereocenters. The first kappa shape index (κ1) is 21.1. The van der Waals surface area contributed by atoms with Crippen LogP contribution in [0.4, 0.5) is 0 Å². The summed E-state index contributed by atoms with van der Waals surface area (Å²) in [6.45, 7) is 0.893. The first-order valence-electron chi connectivity index (χ1n) is 8.24. The standard InChI is InChI=1S/C17H16Cl2N2O5S2/c18-15-8-3-12(11-16(15)19)17(22)20-27(23,24)13-4-6-14(7-5-13)28(25,26)21-9-1-2-10-21/h3-8,11H,1-2,9-10H2,(H,20,22). The Labute approximate surface area is 173 Å². The summed E-state index contributed by atoms with van der Waals surface area (Å²) in [7, 11) is -7.85. The zero-order valence-corrected chi connectivity index (χ0v) is 17.6. The van der Waals surface area contributed by atoms with Gasteiger partial charge in [0, 0.05) is 18.7 Å². The number of carbonyl (C=O) groups is 1. The molecule has 0 saturated carbocycles. The maximum absolute atomic E-state index is 12.5. The third-order valence-corrected chi connectivity index (χ3v) is 8.24. The second kappa shape index (κ2) is 8.00. The van der Waals surface area contributed by atoms with Gasteiger partial charge in [-0.2, -0.15) is 4.31 Å². The van der Waals surface area contributed by atoms with Crippen molar-refractivity contribution in [2.24, 2.45) is 0 Å². The van der Waals surface area contributed by atoms with Crippen molar-refractivity contribution in [3.05, 3.63) is 58.1 Å². The van der Waals surface area contributed by atoms with E-state index in [-0.39, 0.29) is 25.4 Å². The number of nitrogens with one attached hydrogen (secondary N) is 1. The molecule has 150 valence electrons. The van der Waals surface area contributed by atoms with Gasteiger partial charge in [0.25, 0.3) is 15.9 Å². The highest BCUT2D eigenvalue weighted by Crippen LogP contribution is 2.24. The Bertz CT molecular complexity index is 1110. The Kier molecular flexibility index (Phi) is 6.02. The zero-order chi connectivity index (χ0) is 20.5. The van der Waals surface area contributed by atoms with Gasteiger partial charge in [-0.15, -0.1) is 0 Å². The van der Waals surface area contributed by atoms with Gasteiger partial charge in [-0.3, -0.25) is 4.79 Å². The molecule has 1 saturated heterocycles. The van der Waals surface area contributed by atoms with E-state index >= 15 is 0 Å². The van der Waals surface area contributed by atoms with E-state index in [2.05, 4.69) is 0 Å². The van der Waals surface area contributed by atoms with Crippen molar-refractivity contribution >= 4 is 49.2 Å². The smallest absolute Gasteiger partial charge is 0.265 e. The monoisotopic (exact) mass is 462 g/mol. The molecule has 1 aliphatic heterocycles. The van der Waals surface area contributed by atoms with Gasteiger partial charge in [0.1, 0.15) is 0 Å². The molecule has 1 aliphatic rings. The van der Waals surface area contributed by atoms with Crippen LogP contribution in [0.2, 0.25) is 10.0 Å². The number of benzene rings is 2. The highest BCUT2D eigenvalue weighted by atomic mass is 35.5. The second-order valence-corrected chi connectivity index (χ2v) is 10.6. The van der Waals surface area contributed by atoms with E-state index in [1.807, 2.05) is 4.72 Å². The van der Waals surface area contributed by atoms with Crippen LogP contribution < -0.4 is 4.72 Å². The van der Waals surface area contributed by atoms with Gasteiger partial charge in [0.15, 0.2) is 0 Å². The number of hydrogen-bond acceptors (Lipinski definition) is 5. The summed E-state index contributed by atoms with van der Waals surface area (Å²) in [5.74, 6) is -0.882. The van der Waals surface area contributed by atoms with Crippen molar-refractivity contribution in [1.29, 1.82) is 0 Å². The number of sulfonamides is 2. The van der Waals surface area contributed by atoms with Crippen molar-refractivity contribution < 1.29 is 21.6 Å². The van der Waals surface area contributed by atoms with E-state index in [1.54, 1.807) is 0 Å². The maximum atomic E-state index is 12.5. The lowest BCUT2D eigenvalue weighted by molar-refractivity contribution is 0.0981. The van der Waals surface area contributed by atoms with Gasteiger partial charge in [0.05, 0.1) is 19.8 Å². The summed E-state index contributed by atoms with van der Waals surface area (Å²) in [4.78, 5) is 12.0. The summed E-state index contributed by atoms with van der Waals surface area (Å²) in [6.07, 6.45) is 1.60. The molecule has 0 unspecified atom stereocenters. The average Bonchev–Trinajstić information content (AvgIpc) is 3.19. The SMILES string of the molecule is O=C(NS(=O)(=O)c1ccc(S(=O)(=O)N2CCCC2)cc1)c1ccc(Cl)c(Cl)c1. The Morgan fingerprint density at radius 1 is 0.857 bits per heavy atom. The Balaban J connectivity index is 1.80. The predicted octanol–water partition coefficient (Wildman–Crippen LogP) is 2.90. The van der Waals surface area contributed by atoms with E-state index in [1.165, 1.54) is 34.6 Å². The summed E-state index contributed by atoms with van der Waals surface area (Å²) >= 11 is 11.6. The summed E-state index contributed by atoms with van der Waals surface area (Å²) in [6, 6.07) is 8.69. The Morgan fingerprint density at radius 3 is 2.00 bits per heavy atom. The predicted molar refractivity (Wildman–Crippen MR) is 106 cm³/mol. The molecule has 7 nitrogen and oxygen atoms in total. The van der Waals surface area contributed by atoms with E-state index in [0.717, 1.165) is 25.0 Å². The molecule has 11 heteroatoms. The molecular formula is C17H16Cl2N2O5S2. The van der Waals surface area contributed by atoms with Crippen LogP contribution in [0.25, 0.3) is 0 Å². The lowest BCUT2D eigenvalue weighted by Crippen LogP contribution is -2.31. The van der Waals surface area contributed by atoms with Gasteiger partial charge >= 0.3 is 0 Å². The van der Waals surface area contributed by atoms with Crippen molar-refractivity contribution in [3.8, 4) is 0 Å². The molecule has 0 spiro atoms. The van der Waals surface area contributed by atoms with Crippen LogP contribution in [-0.2, 0) is 20.0 Å². The van der Waals surface area contributed by atoms with Crippen molar-refractivity contribution in [2.45, 2.75) is 22.6 Å². The quantitative estimate of drug-likeness (QED) is 0.735. The molecule has 1 heterocycles. The molecule has 2 aromatic rings. The number of nitrogens with zero attached hydrogens (tertiary/aromatic N) is 1. The summed E-state index contributed by atoms with van der Waals surface area (Å²) in [5.41, 5.74) is 0.0196. The topological polar surface area (TPSA) is 101 Å². The van der Waals surface area contributed by atoms with E-state index in [9.17, 15) is 21.6 Å². The van der Waals surface area contributed by atoms with Gasteiger partial charge in [-0.05, 0) is 55.3 Å². The number of halogens is 2. The number of carbonyl (C=O) groups excluding carboxylic acids is 1. The minimum atomic E-state index is -4.20. The Hall–Kier alpha value is -1.65. The molecule has 3 rings (SSSR count). The van der Waals surface area contributed by atoms with E-state index < -0.39 is 26.0 Å². The molecule has 1 amide bonds. The number of amides is 1. The van der Waals surface area contributed by atoms with Crippen LogP contribution in [-0.4, -0.2) is 40.1 Å². The Morgan fingerprint density at radius 2 is 1.43 bits per heavy atom. The fraction of sp³-hybridized carbons (Fsp3) is 0.235. The van der Waals surface area contributed by atoms with Gasteiger partial charge in [-0.25, -0.2) is 21.6 Å². The maximum Gasteiger partial charge on any atom is 0.265 e. The molecule has 28 heavy (non-hydrogen) atoms. The van der Waals surface area contributed by atoms with Crippen LogP contribution in [0.3, 0.4) is 0 Å². The average molecular weight is 463 g/mol. The highest BCUT2D eigenvalue weighted by molar-refractivity contribution is 7.90. The first-order chi connectivity index (χ1) is 13.1. The van der Waals surface area contributed by atoms with Crippen LogP contribution in [0.1, 0.15) is 23.2 Å². The van der Waals surface area contributed by atoms with Gasteiger partial charge in [0.2, 0.25) is 10.0 Å². The van der Waals surface area contributed by atoms with E-state index in [4.69, 9.17) is 23.2 Å². The van der Waals surface area contributed by atoms with Crippen molar-refractivity contribution in [2.75, 3.05) is 13.1 Å². The van der Waals surface area contributed by atoms with E-state index in [0.29, 0.717) is 13.1 Å². The number of hydrogen-bond donors (Lipinski definition) is 1. The third-order valence-electron chi connectivity index (χ3n) is 4.25. The highest BCUT2D eigenvalue weighted by Gasteiger charge is 2.28. The summed E-state index contributed by atoms with van der Waals surface area (Å²) in [5, 5.41) is 0.346. The molecule has 0 bridgehead atoms. The van der Waals surface area contributed by atoms with Crippen molar-refractivity contribution in [1.82, 2.24) is 9.03 Å². The van der Waals surface area contributed by atoms with Crippen LogP contribution in [0, 0.1) is 0 Å². The minimum Gasteiger partial charge on any atom is -0.268 e. The molecule has 2 aromatic carbocycles.